The van der Waals surface area contributed by atoms with E-state index in [1.807, 2.05) is 42.8 Å². The first-order chi connectivity index (χ1) is 24.6. The first-order valence-electron chi connectivity index (χ1n) is 17.9. The van der Waals surface area contributed by atoms with E-state index >= 15 is 4.39 Å². The van der Waals surface area contributed by atoms with E-state index in [4.69, 9.17) is 30.5 Å². The van der Waals surface area contributed by atoms with Crippen LogP contribution in [0.2, 0.25) is 5.02 Å². The van der Waals surface area contributed by atoms with Gasteiger partial charge in [-0.05, 0) is 69.2 Å². The van der Waals surface area contributed by atoms with Gasteiger partial charge in [0, 0.05) is 58.0 Å². The third-order valence-electron chi connectivity index (χ3n) is 10.7. The molecular formula is C38H48ClFN4O7. The number of halogens is 2. The van der Waals surface area contributed by atoms with E-state index in [1.165, 1.54) is 12.1 Å². The highest BCUT2D eigenvalue weighted by Crippen LogP contribution is 2.35. The molecule has 1 saturated carbocycles. The van der Waals surface area contributed by atoms with E-state index in [2.05, 4.69) is 10.2 Å². The number of fused-ring (bicyclic) bond motifs is 1. The summed E-state index contributed by atoms with van der Waals surface area (Å²) in [7, 11) is 5.18. The predicted octanol–water partition coefficient (Wildman–Crippen LogP) is 5.57. The Morgan fingerprint density at radius 3 is 2.41 bits per heavy atom. The van der Waals surface area contributed by atoms with Crippen molar-refractivity contribution >= 4 is 46.0 Å². The molecule has 0 radical (unpaired) electrons. The van der Waals surface area contributed by atoms with Crippen molar-refractivity contribution in [1.82, 2.24) is 14.4 Å². The number of esters is 1. The van der Waals surface area contributed by atoms with Gasteiger partial charge in [0.1, 0.15) is 12.0 Å². The summed E-state index contributed by atoms with van der Waals surface area (Å²) in [4.78, 5) is 43.6. The Morgan fingerprint density at radius 2 is 1.73 bits per heavy atom. The molecule has 51 heavy (non-hydrogen) atoms. The predicted molar refractivity (Wildman–Crippen MR) is 191 cm³/mol. The van der Waals surface area contributed by atoms with E-state index in [-0.39, 0.29) is 64.8 Å². The molecule has 1 N–H and O–H groups in total. The molecule has 0 spiro atoms. The average molecular weight is 727 g/mol. The average Bonchev–Trinajstić information content (AvgIpc) is 3.87. The van der Waals surface area contributed by atoms with Gasteiger partial charge in [0.25, 0.3) is 5.91 Å². The Hall–Kier alpha value is -3.55. The maximum atomic E-state index is 15.6. The topological polar surface area (TPSA) is 112 Å². The molecule has 0 bridgehead atoms. The quantitative estimate of drug-likeness (QED) is 0.242. The van der Waals surface area contributed by atoms with Gasteiger partial charge in [-0.3, -0.25) is 19.3 Å². The van der Waals surface area contributed by atoms with Crippen LogP contribution in [0.4, 0.5) is 10.1 Å². The molecule has 2 amide bonds. The third kappa shape index (κ3) is 8.10. The number of aromatic nitrogens is 1. The number of aryl methyl sites for hydroxylation is 1. The molecule has 3 fully saturated rings. The van der Waals surface area contributed by atoms with Crippen LogP contribution >= 0.6 is 11.6 Å². The molecule has 4 atom stereocenters. The number of benzene rings is 2. The van der Waals surface area contributed by atoms with Crippen molar-refractivity contribution in [2.24, 2.45) is 13.0 Å². The molecule has 13 heteroatoms. The molecule has 276 valence electrons. The smallest absolute Gasteiger partial charge is 0.308 e. The summed E-state index contributed by atoms with van der Waals surface area (Å²) in [5.74, 6) is -1.56. The summed E-state index contributed by atoms with van der Waals surface area (Å²) in [6, 6.07) is 9.84. The number of anilines is 1. The number of rotatable bonds is 12. The van der Waals surface area contributed by atoms with Gasteiger partial charge < -0.3 is 33.7 Å². The monoisotopic (exact) mass is 726 g/mol. The van der Waals surface area contributed by atoms with Crippen LogP contribution in [0.5, 0.6) is 0 Å². The van der Waals surface area contributed by atoms with E-state index in [9.17, 15) is 14.4 Å². The van der Waals surface area contributed by atoms with Gasteiger partial charge in [-0.15, -0.1) is 0 Å². The first-order valence-corrected chi connectivity index (χ1v) is 18.2. The Balaban J connectivity index is 1.16. The second kappa shape index (κ2) is 16.4. The van der Waals surface area contributed by atoms with Crippen LogP contribution in [-0.4, -0.2) is 103 Å². The van der Waals surface area contributed by atoms with Gasteiger partial charge in [-0.2, -0.15) is 0 Å². The number of carbonyl (C=O) groups excluding carboxylic acids is 3. The number of amides is 2. The van der Waals surface area contributed by atoms with Crippen LogP contribution in [0.25, 0.3) is 10.9 Å². The van der Waals surface area contributed by atoms with E-state index in [0.717, 1.165) is 23.7 Å². The van der Waals surface area contributed by atoms with Crippen molar-refractivity contribution in [3.8, 4) is 0 Å². The lowest BCUT2D eigenvalue weighted by atomic mass is 9.87. The van der Waals surface area contributed by atoms with Crippen LogP contribution in [0.15, 0.2) is 42.6 Å². The second-order valence-electron chi connectivity index (χ2n) is 13.8. The molecule has 3 aromatic rings. The Morgan fingerprint density at radius 1 is 1.02 bits per heavy atom. The highest BCUT2D eigenvalue weighted by molar-refractivity contribution is 6.34. The molecule has 2 aliphatic heterocycles. The van der Waals surface area contributed by atoms with Crippen LogP contribution in [0, 0.1) is 11.7 Å². The fourth-order valence-electron chi connectivity index (χ4n) is 7.94. The number of hydrogen-bond acceptors (Lipinski definition) is 8. The van der Waals surface area contributed by atoms with Crippen molar-refractivity contribution < 1.29 is 37.7 Å². The number of hydrogen-bond donors (Lipinski definition) is 1. The minimum absolute atomic E-state index is 0.0892. The van der Waals surface area contributed by atoms with Crippen molar-refractivity contribution in [2.75, 3.05) is 45.8 Å². The standard InChI is InChI=1S/C38H48ClFN4O7/c1-5-50-38(47)23-12-14-25(15-13-23)51-37(43-21-33(48-3)34(22-43)49-4)32-11-8-16-44(32)35(45)18-24-17-28(39)30(19-29(24)40)41-36(46)27-20-42(2)31-10-7-6-9-26(27)31/h6-7,9-10,17,19-20,23,25,32-34,37H,5,8,11-16,18,21-22H2,1-4H3,(H,41,46)/t23?,25?,32-,33-,34+,37?/m0/s1. The van der Waals surface area contributed by atoms with Crippen LogP contribution < -0.4 is 5.32 Å². The molecule has 1 unspecified atom stereocenters. The van der Waals surface area contributed by atoms with E-state index in [0.29, 0.717) is 57.5 Å². The van der Waals surface area contributed by atoms with E-state index in [1.54, 1.807) is 25.3 Å². The van der Waals surface area contributed by atoms with E-state index < -0.39 is 18.0 Å². The summed E-state index contributed by atoms with van der Waals surface area (Å²) in [6.45, 7) is 3.85. The molecule has 3 aliphatic rings. The zero-order chi connectivity index (χ0) is 36.2. The normalized spacial score (nSPS) is 24.6. The molecule has 2 aromatic carbocycles. The highest BCUT2D eigenvalue weighted by Gasteiger charge is 2.45. The minimum atomic E-state index is -0.631. The Labute approximate surface area is 303 Å². The minimum Gasteiger partial charge on any atom is -0.466 e. The van der Waals surface area contributed by atoms with Crippen LogP contribution in [-0.2, 0) is 42.0 Å². The number of ether oxygens (including phenoxy) is 4. The maximum Gasteiger partial charge on any atom is 0.308 e. The number of nitrogens with zero attached hydrogens (tertiary/aromatic N) is 3. The lowest BCUT2D eigenvalue weighted by Crippen LogP contribution is -2.53. The summed E-state index contributed by atoms with van der Waals surface area (Å²) in [5.41, 5.74) is 1.61. The molecular weight excluding hydrogens is 679 g/mol. The number of likely N-dealkylation sites (tertiary alicyclic amines) is 2. The molecule has 3 heterocycles. The van der Waals surface area contributed by atoms with Crippen LogP contribution in [0.1, 0.15) is 61.4 Å². The number of carbonyl (C=O) groups is 3. The van der Waals surface area contributed by atoms with Crippen molar-refractivity contribution in [3.63, 3.8) is 0 Å². The molecule has 2 saturated heterocycles. The van der Waals surface area contributed by atoms with Gasteiger partial charge in [0.2, 0.25) is 5.91 Å². The molecule has 6 rings (SSSR count). The maximum absolute atomic E-state index is 15.6. The lowest BCUT2D eigenvalue weighted by molar-refractivity contribution is -0.160. The summed E-state index contributed by atoms with van der Waals surface area (Å²) < 4.78 is 41.1. The number of nitrogens with one attached hydrogen (secondary N) is 1. The fraction of sp³-hybridized carbons (Fsp3) is 0.553. The third-order valence-corrected chi connectivity index (χ3v) is 11.0. The van der Waals surface area contributed by atoms with Gasteiger partial charge in [0.05, 0.1) is 59.6 Å². The number of methoxy groups -OCH3 is 2. The zero-order valence-electron chi connectivity index (χ0n) is 29.7. The van der Waals surface area contributed by atoms with Crippen molar-refractivity contribution in [2.45, 2.75) is 82.5 Å². The molecule has 1 aromatic heterocycles. The van der Waals surface area contributed by atoms with Crippen molar-refractivity contribution in [3.05, 3.63) is 64.6 Å². The summed E-state index contributed by atoms with van der Waals surface area (Å²) >= 11 is 6.58. The fourth-order valence-corrected chi connectivity index (χ4v) is 8.17. The second-order valence-corrected chi connectivity index (χ2v) is 14.2. The SMILES string of the molecule is CCOC(=O)C1CCC(OC([C@@H]2CCCN2C(=O)Cc2cc(Cl)c(NC(=O)c3cn(C)c4ccccc34)cc2F)N2C[C@H](OC)[C@H](OC)C2)CC1. The Bertz CT molecular complexity index is 1720. The summed E-state index contributed by atoms with van der Waals surface area (Å²) in [5, 5.41) is 3.65. The van der Waals surface area contributed by atoms with Gasteiger partial charge in [-0.1, -0.05) is 29.8 Å². The van der Waals surface area contributed by atoms with Crippen LogP contribution in [0.3, 0.4) is 0 Å². The molecule has 1 aliphatic carbocycles. The zero-order valence-corrected chi connectivity index (χ0v) is 30.5. The van der Waals surface area contributed by atoms with Gasteiger partial charge in [-0.25, -0.2) is 4.39 Å². The van der Waals surface area contributed by atoms with Crippen molar-refractivity contribution in [1.29, 1.82) is 0 Å². The first kappa shape index (κ1) is 37.2. The lowest BCUT2D eigenvalue weighted by Gasteiger charge is -2.40. The van der Waals surface area contributed by atoms with Gasteiger partial charge >= 0.3 is 5.97 Å². The summed E-state index contributed by atoms with van der Waals surface area (Å²) in [6.07, 6.45) is 5.00. The number of para-hydroxylation sites is 1. The highest BCUT2D eigenvalue weighted by atomic mass is 35.5. The van der Waals surface area contributed by atoms with Gasteiger partial charge in [0.15, 0.2) is 0 Å². The largest absolute Gasteiger partial charge is 0.466 e. The molecule has 11 nitrogen and oxygen atoms in total. The Kier molecular flexibility index (Phi) is 12.0.